The SMILES string of the molecule is O=C(C1=C(O)C(=O)N(c2ccc(F)cc2F)C1c1ccccn1)c1cc2cc(Cl)ccc2o1. The van der Waals surface area contributed by atoms with E-state index < -0.39 is 35.1 Å². The lowest BCUT2D eigenvalue weighted by Crippen LogP contribution is -2.32. The van der Waals surface area contributed by atoms with Gasteiger partial charge in [0.1, 0.15) is 23.3 Å². The number of Topliss-reactive ketones (excluding diaryl/α,β-unsaturated/α-hetero) is 1. The Bertz CT molecular complexity index is 1470. The molecule has 0 bridgehead atoms. The van der Waals surface area contributed by atoms with Crippen molar-refractivity contribution in [1.29, 1.82) is 0 Å². The summed E-state index contributed by atoms with van der Waals surface area (Å²) in [7, 11) is 0. The number of anilines is 1. The summed E-state index contributed by atoms with van der Waals surface area (Å²) in [6, 6.07) is 12.3. The Morgan fingerprint density at radius 2 is 1.91 bits per heavy atom. The van der Waals surface area contributed by atoms with Gasteiger partial charge in [0, 0.05) is 22.7 Å². The molecule has 9 heteroatoms. The van der Waals surface area contributed by atoms with Gasteiger partial charge in [0.15, 0.2) is 11.5 Å². The second-order valence-corrected chi connectivity index (χ2v) is 7.75. The Kier molecular flexibility index (Phi) is 4.94. The molecule has 0 aliphatic carbocycles. The first-order chi connectivity index (χ1) is 15.8. The van der Waals surface area contributed by atoms with E-state index in [4.69, 9.17) is 16.0 Å². The third-order valence-electron chi connectivity index (χ3n) is 5.29. The fourth-order valence-electron chi connectivity index (χ4n) is 3.84. The maximum Gasteiger partial charge on any atom is 0.294 e. The van der Waals surface area contributed by atoms with Gasteiger partial charge in [0.2, 0.25) is 5.78 Å². The van der Waals surface area contributed by atoms with Gasteiger partial charge in [-0.15, -0.1) is 0 Å². The lowest BCUT2D eigenvalue weighted by Gasteiger charge is -2.26. The molecule has 2 aromatic heterocycles. The Morgan fingerprint density at radius 3 is 2.64 bits per heavy atom. The van der Waals surface area contributed by atoms with Crippen molar-refractivity contribution in [3.8, 4) is 0 Å². The van der Waals surface area contributed by atoms with Crippen LogP contribution in [0, 0.1) is 11.6 Å². The van der Waals surface area contributed by atoms with Gasteiger partial charge >= 0.3 is 0 Å². The first kappa shape index (κ1) is 20.8. The summed E-state index contributed by atoms with van der Waals surface area (Å²) in [5, 5.41) is 11.7. The lowest BCUT2D eigenvalue weighted by atomic mass is 9.98. The van der Waals surface area contributed by atoms with E-state index in [9.17, 15) is 23.5 Å². The molecule has 1 atom stereocenters. The monoisotopic (exact) mass is 466 g/mol. The summed E-state index contributed by atoms with van der Waals surface area (Å²) in [4.78, 5) is 31.5. The molecule has 3 heterocycles. The van der Waals surface area contributed by atoms with E-state index in [-0.39, 0.29) is 22.7 Å². The maximum absolute atomic E-state index is 14.6. The molecule has 164 valence electrons. The number of nitrogens with zero attached hydrogens (tertiary/aromatic N) is 2. The summed E-state index contributed by atoms with van der Waals surface area (Å²) >= 11 is 6.00. The number of aliphatic hydroxyl groups is 1. The Labute approximate surface area is 190 Å². The number of aliphatic hydroxyl groups excluding tert-OH is 1. The molecule has 1 aliphatic heterocycles. The second kappa shape index (κ2) is 7.83. The predicted molar refractivity (Wildman–Crippen MR) is 116 cm³/mol. The molecule has 33 heavy (non-hydrogen) atoms. The average Bonchev–Trinajstić information content (AvgIpc) is 3.33. The molecule has 4 aromatic rings. The molecule has 0 spiro atoms. The molecular weight excluding hydrogens is 454 g/mol. The highest BCUT2D eigenvalue weighted by molar-refractivity contribution is 6.31. The van der Waals surface area contributed by atoms with Crippen molar-refractivity contribution in [2.45, 2.75) is 6.04 Å². The molecule has 1 unspecified atom stereocenters. The number of halogens is 3. The highest BCUT2D eigenvalue weighted by Crippen LogP contribution is 2.42. The Hall–Kier alpha value is -4.04. The van der Waals surface area contributed by atoms with Crippen molar-refractivity contribution in [2.75, 3.05) is 4.90 Å². The second-order valence-electron chi connectivity index (χ2n) is 7.31. The molecule has 2 aromatic carbocycles. The highest BCUT2D eigenvalue weighted by atomic mass is 35.5. The quantitative estimate of drug-likeness (QED) is 0.399. The average molecular weight is 467 g/mol. The number of hydrogen-bond donors (Lipinski definition) is 1. The van der Waals surface area contributed by atoms with E-state index in [1.807, 2.05) is 0 Å². The molecular formula is C24H13ClF2N2O4. The van der Waals surface area contributed by atoms with Crippen LogP contribution in [0.3, 0.4) is 0 Å². The fraction of sp³-hybridized carbons (Fsp3) is 0.0417. The number of hydrogen-bond acceptors (Lipinski definition) is 5. The number of fused-ring (bicyclic) bond motifs is 1. The number of benzene rings is 2. The van der Waals surface area contributed by atoms with Crippen LogP contribution in [0.15, 0.2) is 82.6 Å². The van der Waals surface area contributed by atoms with Crippen molar-refractivity contribution < 1.29 is 27.9 Å². The summed E-state index contributed by atoms with van der Waals surface area (Å²) in [5.74, 6) is -4.72. The first-order valence-electron chi connectivity index (χ1n) is 9.71. The number of rotatable bonds is 4. The summed E-state index contributed by atoms with van der Waals surface area (Å²) in [6.45, 7) is 0. The van der Waals surface area contributed by atoms with Crippen molar-refractivity contribution in [3.05, 3.63) is 106 Å². The van der Waals surface area contributed by atoms with Crippen molar-refractivity contribution in [2.24, 2.45) is 0 Å². The van der Waals surface area contributed by atoms with Crippen LogP contribution in [0.5, 0.6) is 0 Å². The van der Waals surface area contributed by atoms with Crippen LogP contribution in [0.1, 0.15) is 22.3 Å². The van der Waals surface area contributed by atoms with E-state index in [1.165, 1.54) is 18.3 Å². The van der Waals surface area contributed by atoms with E-state index in [0.29, 0.717) is 22.1 Å². The van der Waals surface area contributed by atoms with Crippen molar-refractivity contribution in [3.63, 3.8) is 0 Å². The van der Waals surface area contributed by atoms with Gasteiger partial charge in [-0.1, -0.05) is 17.7 Å². The van der Waals surface area contributed by atoms with Crippen molar-refractivity contribution >= 4 is 39.9 Å². The zero-order valence-corrected chi connectivity index (χ0v) is 17.4. The number of carbonyl (C=O) groups is 2. The third kappa shape index (κ3) is 3.44. The van der Waals surface area contributed by atoms with Gasteiger partial charge in [-0.25, -0.2) is 8.78 Å². The number of pyridine rings is 1. The van der Waals surface area contributed by atoms with E-state index in [1.54, 1.807) is 30.3 Å². The molecule has 0 radical (unpaired) electrons. The normalized spacial score (nSPS) is 16.2. The number of carbonyl (C=O) groups excluding carboxylic acids is 2. The Balaban J connectivity index is 1.67. The van der Waals surface area contributed by atoms with E-state index >= 15 is 0 Å². The summed E-state index contributed by atoms with van der Waals surface area (Å²) in [6.07, 6.45) is 1.43. The van der Waals surface area contributed by atoms with Gasteiger partial charge in [0.25, 0.3) is 5.91 Å². The maximum atomic E-state index is 14.6. The molecule has 0 saturated carbocycles. The first-order valence-corrected chi connectivity index (χ1v) is 10.1. The number of furan rings is 1. The lowest BCUT2D eigenvalue weighted by molar-refractivity contribution is -0.117. The van der Waals surface area contributed by atoms with Crippen LogP contribution in [0.2, 0.25) is 5.02 Å². The fourth-order valence-corrected chi connectivity index (χ4v) is 4.02. The van der Waals surface area contributed by atoms with Gasteiger partial charge < -0.3 is 9.52 Å². The number of aromatic nitrogens is 1. The predicted octanol–water partition coefficient (Wildman–Crippen LogP) is 5.54. The minimum absolute atomic E-state index is 0.149. The summed E-state index contributed by atoms with van der Waals surface area (Å²) < 4.78 is 33.8. The Morgan fingerprint density at radius 1 is 1.09 bits per heavy atom. The van der Waals surface area contributed by atoms with Crippen LogP contribution in [0.4, 0.5) is 14.5 Å². The number of ketones is 1. The standard InChI is InChI=1S/C24H13ClF2N2O4/c25-13-4-7-18-12(9-13)10-19(33-18)22(30)20-21(16-3-1-2-8-28-16)29(24(32)23(20)31)17-6-5-14(26)11-15(17)27/h1-11,21,31H. The van der Waals surface area contributed by atoms with E-state index in [2.05, 4.69) is 4.98 Å². The number of amides is 1. The van der Waals surface area contributed by atoms with Crippen LogP contribution in [-0.4, -0.2) is 21.8 Å². The smallest absolute Gasteiger partial charge is 0.294 e. The van der Waals surface area contributed by atoms with Crippen LogP contribution >= 0.6 is 11.6 Å². The molecule has 1 aliphatic rings. The third-order valence-corrected chi connectivity index (χ3v) is 5.53. The van der Waals surface area contributed by atoms with Gasteiger partial charge in [-0.3, -0.25) is 19.5 Å². The van der Waals surface area contributed by atoms with Crippen LogP contribution in [-0.2, 0) is 4.79 Å². The van der Waals surface area contributed by atoms with Crippen LogP contribution in [0.25, 0.3) is 11.0 Å². The van der Waals surface area contributed by atoms with Gasteiger partial charge in [-0.05, 0) is 48.5 Å². The molecule has 1 N–H and O–H groups in total. The zero-order chi connectivity index (χ0) is 23.3. The van der Waals surface area contributed by atoms with Crippen molar-refractivity contribution in [1.82, 2.24) is 4.98 Å². The molecule has 0 saturated heterocycles. The topological polar surface area (TPSA) is 83.6 Å². The highest BCUT2D eigenvalue weighted by Gasteiger charge is 2.46. The minimum atomic E-state index is -1.28. The zero-order valence-electron chi connectivity index (χ0n) is 16.6. The molecule has 5 rings (SSSR count). The molecule has 0 fully saturated rings. The molecule has 1 amide bonds. The molecule has 6 nitrogen and oxygen atoms in total. The largest absolute Gasteiger partial charge is 0.503 e. The van der Waals surface area contributed by atoms with Gasteiger partial charge in [0.05, 0.1) is 17.0 Å². The van der Waals surface area contributed by atoms with Gasteiger partial charge in [-0.2, -0.15) is 0 Å². The summed E-state index contributed by atoms with van der Waals surface area (Å²) in [5.41, 5.74) is -0.0838. The van der Waals surface area contributed by atoms with Crippen LogP contribution < -0.4 is 4.90 Å². The minimum Gasteiger partial charge on any atom is -0.503 e. The van der Waals surface area contributed by atoms with E-state index in [0.717, 1.165) is 17.0 Å².